The predicted molar refractivity (Wildman–Crippen MR) is 72.9 cm³/mol. The number of ether oxygens (including phenoxy) is 1. The number of hydrogen-bond acceptors (Lipinski definition) is 5. The van der Waals surface area contributed by atoms with Crippen molar-refractivity contribution in [3.05, 3.63) is 11.1 Å². The molecule has 0 unspecified atom stereocenters. The lowest BCUT2D eigenvalue weighted by Crippen LogP contribution is -2.33. The van der Waals surface area contributed by atoms with Gasteiger partial charge in [-0.05, 0) is 25.7 Å². The Hall–Kier alpha value is -1.10. The molecule has 1 aromatic rings. The van der Waals surface area contributed by atoms with Gasteiger partial charge >= 0.3 is 5.97 Å². The van der Waals surface area contributed by atoms with Crippen LogP contribution in [0.1, 0.15) is 38.8 Å². The van der Waals surface area contributed by atoms with E-state index in [1.807, 2.05) is 12.3 Å². The van der Waals surface area contributed by atoms with Gasteiger partial charge in [0.25, 0.3) is 0 Å². The zero-order valence-electron chi connectivity index (χ0n) is 10.9. The van der Waals surface area contributed by atoms with Gasteiger partial charge in [0.05, 0.1) is 18.7 Å². The highest BCUT2D eigenvalue weighted by Gasteiger charge is 2.25. The predicted octanol–water partition coefficient (Wildman–Crippen LogP) is 2.85. The standard InChI is InChI=1S/C13H20N2O2S/c1-3-17-12(16)5-4-10-8-18-13(14-10)15-11-6-9(2)7-11/h8-9,11H,3-7H2,1-2H3,(H,14,15). The second kappa shape index (κ2) is 6.18. The summed E-state index contributed by atoms with van der Waals surface area (Å²) in [6.45, 7) is 4.54. The summed E-state index contributed by atoms with van der Waals surface area (Å²) in [4.78, 5) is 15.7. The number of carbonyl (C=O) groups excluding carboxylic acids is 1. The molecule has 2 rings (SSSR count). The summed E-state index contributed by atoms with van der Waals surface area (Å²) in [5.74, 6) is 0.693. The molecule has 0 saturated heterocycles. The first-order chi connectivity index (χ1) is 8.67. The lowest BCUT2D eigenvalue weighted by Gasteiger charge is -2.33. The molecule has 0 bridgehead atoms. The van der Waals surface area contributed by atoms with Gasteiger partial charge in [0.15, 0.2) is 5.13 Å². The van der Waals surface area contributed by atoms with Crippen LogP contribution in [0.2, 0.25) is 0 Å². The Morgan fingerprint density at radius 1 is 1.61 bits per heavy atom. The molecule has 0 atom stereocenters. The largest absolute Gasteiger partial charge is 0.466 e. The minimum absolute atomic E-state index is 0.146. The first kappa shape index (κ1) is 13.3. The molecule has 1 heterocycles. The molecule has 18 heavy (non-hydrogen) atoms. The second-order valence-corrected chi connectivity index (χ2v) is 5.72. The maximum absolute atomic E-state index is 11.2. The summed E-state index contributed by atoms with van der Waals surface area (Å²) >= 11 is 1.62. The Kier molecular flexibility index (Phi) is 4.58. The average molecular weight is 268 g/mol. The summed E-state index contributed by atoms with van der Waals surface area (Å²) in [5, 5.41) is 6.43. The van der Waals surface area contributed by atoms with Crippen molar-refractivity contribution >= 4 is 22.4 Å². The summed E-state index contributed by atoms with van der Waals surface area (Å²) in [6.07, 6.45) is 3.55. The van der Waals surface area contributed by atoms with E-state index < -0.39 is 0 Å². The molecule has 0 aliphatic heterocycles. The van der Waals surface area contributed by atoms with E-state index in [4.69, 9.17) is 4.74 Å². The van der Waals surface area contributed by atoms with Crippen LogP contribution < -0.4 is 5.32 Å². The minimum Gasteiger partial charge on any atom is -0.466 e. The van der Waals surface area contributed by atoms with E-state index >= 15 is 0 Å². The van der Waals surface area contributed by atoms with Gasteiger partial charge in [-0.3, -0.25) is 4.79 Å². The molecule has 0 aromatic carbocycles. The van der Waals surface area contributed by atoms with Crippen molar-refractivity contribution in [1.82, 2.24) is 4.98 Å². The van der Waals surface area contributed by atoms with Crippen molar-refractivity contribution in [2.45, 2.75) is 45.6 Å². The van der Waals surface area contributed by atoms with Crippen molar-refractivity contribution in [1.29, 1.82) is 0 Å². The van der Waals surface area contributed by atoms with Gasteiger partial charge in [-0.15, -0.1) is 11.3 Å². The highest BCUT2D eigenvalue weighted by molar-refractivity contribution is 7.13. The molecule has 5 heteroatoms. The van der Waals surface area contributed by atoms with Crippen LogP contribution >= 0.6 is 11.3 Å². The van der Waals surface area contributed by atoms with Crippen LogP contribution in [-0.4, -0.2) is 23.6 Å². The lowest BCUT2D eigenvalue weighted by molar-refractivity contribution is -0.143. The third kappa shape index (κ3) is 3.70. The molecular formula is C13H20N2O2S. The van der Waals surface area contributed by atoms with Crippen molar-refractivity contribution in [3.63, 3.8) is 0 Å². The second-order valence-electron chi connectivity index (χ2n) is 4.87. The number of hydrogen-bond donors (Lipinski definition) is 1. The summed E-state index contributed by atoms with van der Waals surface area (Å²) in [6, 6.07) is 0.587. The highest BCUT2D eigenvalue weighted by atomic mass is 32.1. The Morgan fingerprint density at radius 2 is 2.39 bits per heavy atom. The maximum atomic E-state index is 11.2. The summed E-state index contributed by atoms with van der Waals surface area (Å²) < 4.78 is 4.89. The van der Waals surface area contributed by atoms with Gasteiger partial charge in [-0.1, -0.05) is 6.92 Å². The third-order valence-corrected chi connectivity index (χ3v) is 3.97. The number of aromatic nitrogens is 1. The van der Waals surface area contributed by atoms with Crippen molar-refractivity contribution in [3.8, 4) is 0 Å². The van der Waals surface area contributed by atoms with Gasteiger partial charge in [-0.2, -0.15) is 0 Å². The van der Waals surface area contributed by atoms with E-state index in [-0.39, 0.29) is 5.97 Å². The lowest BCUT2D eigenvalue weighted by atomic mass is 9.82. The van der Waals surface area contributed by atoms with Crippen LogP contribution in [0.15, 0.2) is 5.38 Å². The van der Waals surface area contributed by atoms with E-state index in [9.17, 15) is 4.79 Å². The molecule has 100 valence electrons. The number of nitrogens with zero attached hydrogens (tertiary/aromatic N) is 1. The normalized spacial score (nSPS) is 22.3. The van der Waals surface area contributed by atoms with Crippen molar-refractivity contribution in [2.24, 2.45) is 5.92 Å². The topological polar surface area (TPSA) is 51.2 Å². The number of nitrogens with one attached hydrogen (secondary N) is 1. The monoisotopic (exact) mass is 268 g/mol. The number of aryl methyl sites for hydroxylation is 1. The fourth-order valence-corrected chi connectivity index (χ4v) is 2.97. The van der Waals surface area contributed by atoms with E-state index in [0.717, 1.165) is 16.7 Å². The minimum atomic E-state index is -0.146. The summed E-state index contributed by atoms with van der Waals surface area (Å²) in [7, 11) is 0. The van der Waals surface area contributed by atoms with Crippen LogP contribution in [0.4, 0.5) is 5.13 Å². The quantitative estimate of drug-likeness (QED) is 0.806. The molecule has 0 spiro atoms. The Morgan fingerprint density at radius 3 is 3.06 bits per heavy atom. The Balaban J connectivity index is 1.74. The number of esters is 1. The summed E-state index contributed by atoms with van der Waals surface area (Å²) in [5.41, 5.74) is 0.975. The Bertz CT molecular complexity index is 399. The van der Waals surface area contributed by atoms with Crippen LogP contribution in [0, 0.1) is 5.92 Å². The first-order valence-electron chi connectivity index (χ1n) is 6.54. The van der Waals surface area contributed by atoms with E-state index in [0.29, 0.717) is 25.5 Å². The molecule has 1 aromatic heterocycles. The van der Waals surface area contributed by atoms with Gasteiger partial charge in [0.2, 0.25) is 0 Å². The molecule has 1 N–H and O–H groups in total. The first-order valence-corrected chi connectivity index (χ1v) is 7.42. The van der Waals surface area contributed by atoms with Crippen LogP contribution in [0.3, 0.4) is 0 Å². The fraction of sp³-hybridized carbons (Fsp3) is 0.692. The van der Waals surface area contributed by atoms with Gasteiger partial charge in [0, 0.05) is 17.8 Å². The molecule has 1 aliphatic carbocycles. The van der Waals surface area contributed by atoms with Gasteiger partial charge in [0.1, 0.15) is 0 Å². The Labute approximate surface area is 112 Å². The fourth-order valence-electron chi connectivity index (χ4n) is 2.15. The highest BCUT2D eigenvalue weighted by Crippen LogP contribution is 2.30. The third-order valence-electron chi connectivity index (χ3n) is 3.14. The molecule has 1 fully saturated rings. The van der Waals surface area contributed by atoms with Crippen LogP contribution in [0.25, 0.3) is 0 Å². The number of anilines is 1. The molecular weight excluding hydrogens is 248 g/mol. The van der Waals surface area contributed by atoms with Crippen molar-refractivity contribution in [2.75, 3.05) is 11.9 Å². The molecule has 0 amide bonds. The van der Waals surface area contributed by atoms with Crippen molar-refractivity contribution < 1.29 is 9.53 Å². The molecule has 1 saturated carbocycles. The van der Waals surface area contributed by atoms with Gasteiger partial charge < -0.3 is 10.1 Å². The molecule has 4 nitrogen and oxygen atoms in total. The number of rotatable bonds is 6. The number of carbonyl (C=O) groups is 1. The molecule has 1 aliphatic rings. The zero-order valence-corrected chi connectivity index (χ0v) is 11.8. The van der Waals surface area contributed by atoms with Crippen LogP contribution in [0.5, 0.6) is 0 Å². The molecule has 0 radical (unpaired) electrons. The van der Waals surface area contributed by atoms with Crippen LogP contribution in [-0.2, 0) is 16.0 Å². The van der Waals surface area contributed by atoms with E-state index in [2.05, 4.69) is 17.2 Å². The van der Waals surface area contributed by atoms with E-state index in [1.165, 1.54) is 12.8 Å². The maximum Gasteiger partial charge on any atom is 0.306 e. The smallest absolute Gasteiger partial charge is 0.306 e. The van der Waals surface area contributed by atoms with Gasteiger partial charge in [-0.25, -0.2) is 4.98 Å². The van der Waals surface area contributed by atoms with E-state index in [1.54, 1.807) is 11.3 Å². The zero-order chi connectivity index (χ0) is 13.0. The average Bonchev–Trinajstić information content (AvgIpc) is 2.73. The SMILES string of the molecule is CCOC(=O)CCc1csc(NC2CC(C)C2)n1. The number of thiazole rings is 1.